The van der Waals surface area contributed by atoms with Crippen molar-refractivity contribution < 1.29 is 14.6 Å². The Bertz CT molecular complexity index is 1100. The third-order valence-corrected chi connectivity index (χ3v) is 4.84. The molecule has 1 aromatic heterocycles. The summed E-state index contributed by atoms with van der Waals surface area (Å²) >= 11 is 1.43. The molecule has 3 N–H and O–H groups in total. The standard InChI is InChI=1S/C20H20N4O3S/c1-3-22-20-24(23-11-14-6-4-5-7-18(14)27-2)16(12-28-20)13-8-9-17(25)15(10-13)19(21)26/h4-12,25H,3H2,1-2H3,(H2,21,26)/b22-20?,23-11-. The molecule has 0 spiro atoms. The van der Waals surface area contributed by atoms with E-state index in [0.717, 1.165) is 11.3 Å². The Morgan fingerprint density at radius 1 is 1.32 bits per heavy atom. The number of hydrogen-bond acceptors (Lipinski definition) is 6. The van der Waals surface area contributed by atoms with Crippen LogP contribution in [0.5, 0.6) is 11.5 Å². The maximum absolute atomic E-state index is 11.6. The van der Waals surface area contributed by atoms with Crippen molar-refractivity contribution in [1.82, 2.24) is 4.68 Å². The first-order chi connectivity index (χ1) is 13.5. The molecule has 144 valence electrons. The van der Waals surface area contributed by atoms with Crippen molar-refractivity contribution in [2.75, 3.05) is 13.7 Å². The fourth-order valence-electron chi connectivity index (χ4n) is 2.64. The van der Waals surface area contributed by atoms with E-state index in [4.69, 9.17) is 10.5 Å². The Morgan fingerprint density at radius 2 is 2.11 bits per heavy atom. The van der Waals surface area contributed by atoms with E-state index in [1.54, 1.807) is 30.1 Å². The molecule has 0 aliphatic heterocycles. The van der Waals surface area contributed by atoms with Gasteiger partial charge >= 0.3 is 0 Å². The molecular weight excluding hydrogens is 376 g/mol. The summed E-state index contributed by atoms with van der Waals surface area (Å²) in [4.78, 5) is 16.8. The topological polar surface area (TPSA) is 102 Å². The summed E-state index contributed by atoms with van der Waals surface area (Å²) < 4.78 is 7.05. The van der Waals surface area contributed by atoms with Gasteiger partial charge in [-0.2, -0.15) is 5.10 Å². The monoisotopic (exact) mass is 396 g/mol. The zero-order valence-corrected chi connectivity index (χ0v) is 16.3. The number of carbonyl (C=O) groups excluding carboxylic acids is 1. The van der Waals surface area contributed by atoms with E-state index in [0.29, 0.717) is 22.7 Å². The van der Waals surface area contributed by atoms with Gasteiger partial charge in [-0.15, -0.1) is 11.3 Å². The number of nitrogens with two attached hydrogens (primary N) is 1. The molecule has 0 aliphatic carbocycles. The Kier molecular flexibility index (Phi) is 5.90. The number of thiazole rings is 1. The van der Waals surface area contributed by atoms with Gasteiger partial charge in [0.25, 0.3) is 5.91 Å². The van der Waals surface area contributed by atoms with Crippen LogP contribution in [-0.2, 0) is 0 Å². The van der Waals surface area contributed by atoms with Crippen LogP contribution >= 0.6 is 11.3 Å². The SMILES string of the molecule is CCN=c1scc(-c2ccc(O)c(C(N)=O)c2)n1/N=C\c1ccccc1OC. The highest BCUT2D eigenvalue weighted by Crippen LogP contribution is 2.26. The quantitative estimate of drug-likeness (QED) is 0.626. The predicted octanol–water partition coefficient (Wildman–Crippen LogP) is 2.83. The largest absolute Gasteiger partial charge is 0.507 e. The zero-order valence-electron chi connectivity index (χ0n) is 15.5. The van der Waals surface area contributed by atoms with Gasteiger partial charge in [-0.1, -0.05) is 12.1 Å². The Hall–Kier alpha value is -3.39. The minimum absolute atomic E-state index is 0.0536. The van der Waals surface area contributed by atoms with Crippen LogP contribution in [0.25, 0.3) is 11.3 Å². The number of carbonyl (C=O) groups is 1. The predicted molar refractivity (Wildman–Crippen MR) is 110 cm³/mol. The number of nitrogens with zero attached hydrogens (tertiary/aromatic N) is 3. The average molecular weight is 396 g/mol. The van der Waals surface area contributed by atoms with E-state index in [9.17, 15) is 9.90 Å². The van der Waals surface area contributed by atoms with E-state index in [1.165, 1.54) is 17.4 Å². The highest BCUT2D eigenvalue weighted by Gasteiger charge is 2.13. The number of para-hydroxylation sites is 1. The fraction of sp³-hybridized carbons (Fsp3) is 0.150. The maximum Gasteiger partial charge on any atom is 0.252 e. The molecule has 0 fully saturated rings. The highest BCUT2D eigenvalue weighted by atomic mass is 32.1. The lowest BCUT2D eigenvalue weighted by molar-refractivity contribution is 0.0998. The Labute approximate surface area is 166 Å². The lowest BCUT2D eigenvalue weighted by Crippen LogP contribution is -2.13. The first-order valence-corrected chi connectivity index (χ1v) is 9.44. The molecule has 0 radical (unpaired) electrons. The number of aromatic hydroxyl groups is 1. The van der Waals surface area contributed by atoms with Gasteiger partial charge in [-0.05, 0) is 37.3 Å². The van der Waals surface area contributed by atoms with Crippen molar-refractivity contribution in [2.45, 2.75) is 6.92 Å². The second kappa shape index (κ2) is 8.53. The van der Waals surface area contributed by atoms with Crippen LogP contribution in [0, 0.1) is 0 Å². The van der Waals surface area contributed by atoms with Crippen molar-refractivity contribution in [2.24, 2.45) is 15.8 Å². The molecule has 2 aromatic carbocycles. The van der Waals surface area contributed by atoms with Gasteiger partial charge in [0, 0.05) is 23.1 Å². The molecule has 1 heterocycles. The third-order valence-electron chi connectivity index (χ3n) is 3.99. The second-order valence-corrected chi connectivity index (χ2v) is 6.61. The molecule has 0 saturated heterocycles. The Morgan fingerprint density at radius 3 is 2.82 bits per heavy atom. The highest BCUT2D eigenvalue weighted by molar-refractivity contribution is 7.07. The van der Waals surface area contributed by atoms with E-state index < -0.39 is 5.91 Å². The molecule has 7 nitrogen and oxygen atoms in total. The summed E-state index contributed by atoms with van der Waals surface area (Å²) in [7, 11) is 1.61. The third kappa shape index (κ3) is 3.96. The van der Waals surface area contributed by atoms with Crippen molar-refractivity contribution in [3.05, 3.63) is 63.8 Å². The van der Waals surface area contributed by atoms with Gasteiger partial charge < -0.3 is 15.6 Å². The summed E-state index contributed by atoms with van der Waals surface area (Å²) in [5.74, 6) is -0.149. The van der Waals surface area contributed by atoms with Crippen LogP contribution in [-0.4, -0.2) is 35.6 Å². The summed E-state index contributed by atoms with van der Waals surface area (Å²) in [5, 5.41) is 16.3. The molecule has 8 heteroatoms. The van der Waals surface area contributed by atoms with Crippen LogP contribution in [0.1, 0.15) is 22.8 Å². The summed E-state index contributed by atoms with van der Waals surface area (Å²) in [6.07, 6.45) is 1.69. The van der Waals surface area contributed by atoms with Crippen LogP contribution in [0.3, 0.4) is 0 Å². The van der Waals surface area contributed by atoms with E-state index in [2.05, 4.69) is 10.1 Å². The smallest absolute Gasteiger partial charge is 0.252 e. The molecule has 3 aromatic rings. The maximum atomic E-state index is 11.6. The van der Waals surface area contributed by atoms with Crippen LogP contribution in [0.2, 0.25) is 0 Å². The molecule has 0 atom stereocenters. The van der Waals surface area contributed by atoms with Gasteiger partial charge in [0.15, 0.2) is 0 Å². The zero-order chi connectivity index (χ0) is 20.1. The van der Waals surface area contributed by atoms with Crippen molar-refractivity contribution >= 4 is 23.5 Å². The number of benzene rings is 2. The van der Waals surface area contributed by atoms with Crippen molar-refractivity contribution in [3.63, 3.8) is 0 Å². The minimum atomic E-state index is -0.697. The van der Waals surface area contributed by atoms with Gasteiger partial charge in [0.1, 0.15) is 11.5 Å². The number of hydrogen-bond donors (Lipinski definition) is 2. The summed E-state index contributed by atoms with van der Waals surface area (Å²) in [6.45, 7) is 2.55. The molecule has 0 bridgehead atoms. The molecule has 3 rings (SSSR count). The average Bonchev–Trinajstić information content (AvgIpc) is 3.09. The van der Waals surface area contributed by atoms with Crippen LogP contribution < -0.4 is 15.3 Å². The number of rotatable bonds is 6. The van der Waals surface area contributed by atoms with Crippen molar-refractivity contribution in [1.29, 1.82) is 0 Å². The van der Waals surface area contributed by atoms with Gasteiger partial charge in [0.05, 0.1) is 24.6 Å². The first kappa shape index (κ1) is 19.4. The number of primary amides is 1. The van der Waals surface area contributed by atoms with E-state index in [-0.39, 0.29) is 11.3 Å². The normalized spacial score (nSPS) is 11.9. The van der Waals surface area contributed by atoms with E-state index in [1.807, 2.05) is 36.6 Å². The molecule has 1 amide bonds. The van der Waals surface area contributed by atoms with Gasteiger partial charge in [-0.25, -0.2) is 4.68 Å². The van der Waals surface area contributed by atoms with Crippen molar-refractivity contribution in [3.8, 4) is 22.8 Å². The van der Waals surface area contributed by atoms with Crippen LogP contribution in [0.15, 0.2) is 57.9 Å². The summed E-state index contributed by atoms with van der Waals surface area (Å²) in [5.41, 5.74) is 7.65. The second-order valence-electron chi connectivity index (χ2n) is 5.77. The lowest BCUT2D eigenvalue weighted by atomic mass is 10.1. The lowest BCUT2D eigenvalue weighted by Gasteiger charge is -2.07. The Balaban J connectivity index is 2.13. The molecular formula is C20H20N4O3S. The number of amides is 1. The number of phenols is 1. The molecule has 0 saturated carbocycles. The fourth-order valence-corrected chi connectivity index (χ4v) is 3.54. The van der Waals surface area contributed by atoms with Crippen LogP contribution in [0.4, 0.5) is 0 Å². The first-order valence-electron chi connectivity index (χ1n) is 8.56. The van der Waals surface area contributed by atoms with Gasteiger partial charge in [-0.3, -0.25) is 9.79 Å². The number of aromatic nitrogens is 1. The van der Waals surface area contributed by atoms with E-state index >= 15 is 0 Å². The minimum Gasteiger partial charge on any atom is -0.507 e. The molecule has 0 aliphatic rings. The van der Waals surface area contributed by atoms with Gasteiger partial charge in [0.2, 0.25) is 4.80 Å². The molecule has 0 unspecified atom stereocenters. The summed E-state index contributed by atoms with van der Waals surface area (Å²) in [6, 6.07) is 12.2. The number of ether oxygens (including phenoxy) is 1. The molecule has 28 heavy (non-hydrogen) atoms. The number of methoxy groups -OCH3 is 1.